The molecule has 2 N–H and O–H groups in total. The van der Waals surface area contributed by atoms with Crippen LogP contribution >= 0.6 is 0 Å². The Labute approximate surface area is 124 Å². The average molecular weight is 289 g/mol. The summed E-state index contributed by atoms with van der Waals surface area (Å²) in [5.74, 6) is 1.97. The minimum atomic E-state index is 0.262. The van der Waals surface area contributed by atoms with Crippen molar-refractivity contribution < 1.29 is 19.3 Å². The van der Waals surface area contributed by atoms with Gasteiger partial charge in [0.15, 0.2) is 11.5 Å². The van der Waals surface area contributed by atoms with Crippen molar-refractivity contribution in [3.8, 4) is 23.0 Å². The highest BCUT2D eigenvalue weighted by atomic mass is 16.5. The van der Waals surface area contributed by atoms with Gasteiger partial charge in [0, 0.05) is 29.9 Å². The van der Waals surface area contributed by atoms with Crippen LogP contribution in [0.1, 0.15) is 5.56 Å². The Morgan fingerprint density at radius 1 is 0.952 bits per heavy atom. The van der Waals surface area contributed by atoms with Crippen molar-refractivity contribution in [2.75, 3.05) is 26.6 Å². The van der Waals surface area contributed by atoms with E-state index in [4.69, 9.17) is 14.2 Å². The van der Waals surface area contributed by atoms with E-state index in [9.17, 15) is 5.11 Å². The zero-order chi connectivity index (χ0) is 15.2. The molecule has 2 rings (SSSR count). The van der Waals surface area contributed by atoms with Crippen LogP contribution in [-0.4, -0.2) is 26.4 Å². The van der Waals surface area contributed by atoms with Crippen molar-refractivity contribution in [3.63, 3.8) is 0 Å². The van der Waals surface area contributed by atoms with E-state index in [1.54, 1.807) is 33.5 Å². The number of ether oxygens (including phenoxy) is 3. The molecule has 0 atom stereocenters. The molecule has 5 nitrogen and oxygen atoms in total. The fourth-order valence-electron chi connectivity index (χ4n) is 2.04. The van der Waals surface area contributed by atoms with Crippen LogP contribution < -0.4 is 19.5 Å². The maximum absolute atomic E-state index is 9.76. The van der Waals surface area contributed by atoms with E-state index in [2.05, 4.69) is 5.32 Å². The average Bonchev–Trinajstić information content (AvgIpc) is 2.52. The van der Waals surface area contributed by atoms with E-state index >= 15 is 0 Å². The maximum Gasteiger partial charge on any atom is 0.203 e. The van der Waals surface area contributed by atoms with Gasteiger partial charge in [0.1, 0.15) is 5.75 Å². The largest absolute Gasteiger partial charge is 0.508 e. The summed E-state index contributed by atoms with van der Waals surface area (Å²) in [7, 11) is 4.71. The van der Waals surface area contributed by atoms with E-state index in [1.807, 2.05) is 24.3 Å². The molecule has 0 aromatic heterocycles. The van der Waals surface area contributed by atoms with Gasteiger partial charge in [-0.05, 0) is 6.07 Å². The smallest absolute Gasteiger partial charge is 0.203 e. The monoisotopic (exact) mass is 289 g/mol. The zero-order valence-corrected chi connectivity index (χ0v) is 12.3. The Kier molecular flexibility index (Phi) is 4.77. The molecular formula is C16H19NO4. The van der Waals surface area contributed by atoms with E-state index in [0.717, 1.165) is 11.3 Å². The van der Waals surface area contributed by atoms with Gasteiger partial charge in [0.2, 0.25) is 5.75 Å². The molecule has 0 spiro atoms. The van der Waals surface area contributed by atoms with Gasteiger partial charge in [0.25, 0.3) is 0 Å². The Morgan fingerprint density at radius 2 is 1.57 bits per heavy atom. The molecule has 0 amide bonds. The van der Waals surface area contributed by atoms with Gasteiger partial charge in [-0.2, -0.15) is 0 Å². The normalized spacial score (nSPS) is 10.0. The van der Waals surface area contributed by atoms with Gasteiger partial charge in [-0.1, -0.05) is 18.2 Å². The summed E-state index contributed by atoms with van der Waals surface area (Å²) < 4.78 is 15.9. The molecule has 2 aromatic rings. The quantitative estimate of drug-likeness (QED) is 0.856. The summed E-state index contributed by atoms with van der Waals surface area (Å²) >= 11 is 0. The molecule has 0 radical (unpaired) electrons. The number of hydrogen-bond acceptors (Lipinski definition) is 5. The zero-order valence-electron chi connectivity index (χ0n) is 12.3. The molecule has 5 heteroatoms. The molecule has 0 aliphatic carbocycles. The lowest BCUT2D eigenvalue weighted by Gasteiger charge is -2.15. The SMILES string of the molecule is COc1cc(NCc2ccccc2O)cc(OC)c1OC. The number of rotatable bonds is 6. The van der Waals surface area contributed by atoms with E-state index in [-0.39, 0.29) is 5.75 Å². The molecule has 0 saturated heterocycles. The summed E-state index contributed by atoms with van der Waals surface area (Å²) in [5.41, 5.74) is 1.62. The second kappa shape index (κ2) is 6.74. The van der Waals surface area contributed by atoms with Gasteiger partial charge in [-0.25, -0.2) is 0 Å². The van der Waals surface area contributed by atoms with Crippen LogP contribution in [0.3, 0.4) is 0 Å². The maximum atomic E-state index is 9.76. The van der Waals surface area contributed by atoms with E-state index < -0.39 is 0 Å². The molecule has 0 saturated carbocycles. The predicted molar refractivity (Wildman–Crippen MR) is 81.5 cm³/mol. The number of hydrogen-bond donors (Lipinski definition) is 2. The topological polar surface area (TPSA) is 60.0 Å². The van der Waals surface area contributed by atoms with Gasteiger partial charge < -0.3 is 24.6 Å². The molecule has 0 aliphatic rings. The number of phenolic OH excluding ortho intramolecular Hbond substituents is 1. The lowest BCUT2D eigenvalue weighted by molar-refractivity contribution is 0.324. The van der Waals surface area contributed by atoms with Gasteiger partial charge in [0.05, 0.1) is 21.3 Å². The first-order chi connectivity index (χ1) is 10.2. The highest BCUT2D eigenvalue weighted by Crippen LogP contribution is 2.40. The first-order valence-electron chi connectivity index (χ1n) is 6.50. The summed E-state index contributed by atoms with van der Waals surface area (Å²) in [4.78, 5) is 0. The molecule has 0 unspecified atom stereocenters. The molecular weight excluding hydrogens is 270 g/mol. The number of aromatic hydroxyl groups is 1. The summed E-state index contributed by atoms with van der Waals surface area (Å²) in [5, 5.41) is 13.0. The summed E-state index contributed by atoms with van der Waals surface area (Å²) in [6.45, 7) is 0.491. The molecule has 2 aromatic carbocycles. The second-order valence-electron chi connectivity index (χ2n) is 4.40. The van der Waals surface area contributed by atoms with Crippen LogP contribution in [0.15, 0.2) is 36.4 Å². The standard InChI is InChI=1S/C16H19NO4/c1-19-14-8-12(9-15(20-2)16(14)21-3)17-10-11-6-4-5-7-13(11)18/h4-9,17-18H,10H2,1-3H3. The Bertz CT molecular complexity index is 588. The number of nitrogens with one attached hydrogen (secondary N) is 1. The van der Waals surface area contributed by atoms with Crippen molar-refractivity contribution in [2.24, 2.45) is 0 Å². The predicted octanol–water partition coefficient (Wildman–Crippen LogP) is 3.03. The van der Waals surface area contributed by atoms with Crippen LogP contribution in [0.25, 0.3) is 0 Å². The third-order valence-corrected chi connectivity index (χ3v) is 3.14. The van der Waals surface area contributed by atoms with Crippen molar-refractivity contribution in [1.82, 2.24) is 0 Å². The Morgan fingerprint density at radius 3 is 2.10 bits per heavy atom. The molecule has 0 aliphatic heterocycles. The van der Waals surface area contributed by atoms with Gasteiger partial charge in [-0.15, -0.1) is 0 Å². The third-order valence-electron chi connectivity index (χ3n) is 3.14. The second-order valence-corrected chi connectivity index (χ2v) is 4.40. The Balaban J connectivity index is 2.22. The van der Waals surface area contributed by atoms with E-state index in [1.165, 1.54) is 0 Å². The molecule has 0 bridgehead atoms. The van der Waals surface area contributed by atoms with Crippen LogP contribution in [-0.2, 0) is 6.54 Å². The number of methoxy groups -OCH3 is 3. The summed E-state index contributed by atoms with van der Waals surface area (Å²) in [6, 6.07) is 10.8. The third kappa shape index (κ3) is 3.31. The van der Waals surface area contributed by atoms with Crippen LogP contribution in [0, 0.1) is 0 Å². The van der Waals surface area contributed by atoms with Crippen LogP contribution in [0.2, 0.25) is 0 Å². The lowest BCUT2D eigenvalue weighted by atomic mass is 10.2. The Hall–Kier alpha value is -2.56. The van der Waals surface area contributed by atoms with Crippen molar-refractivity contribution >= 4 is 5.69 Å². The fourth-order valence-corrected chi connectivity index (χ4v) is 2.04. The number of para-hydroxylation sites is 1. The highest BCUT2D eigenvalue weighted by molar-refractivity contribution is 5.62. The number of benzene rings is 2. The number of anilines is 1. The van der Waals surface area contributed by atoms with Gasteiger partial charge >= 0.3 is 0 Å². The first-order valence-corrected chi connectivity index (χ1v) is 6.50. The van der Waals surface area contributed by atoms with Crippen molar-refractivity contribution in [1.29, 1.82) is 0 Å². The molecule has 0 heterocycles. The highest BCUT2D eigenvalue weighted by Gasteiger charge is 2.13. The number of phenols is 1. The molecule has 21 heavy (non-hydrogen) atoms. The molecule has 0 fully saturated rings. The molecule has 112 valence electrons. The minimum absolute atomic E-state index is 0.262. The van der Waals surface area contributed by atoms with Crippen LogP contribution in [0.4, 0.5) is 5.69 Å². The van der Waals surface area contributed by atoms with Crippen molar-refractivity contribution in [2.45, 2.75) is 6.54 Å². The first kappa shape index (κ1) is 14.8. The summed E-state index contributed by atoms with van der Waals surface area (Å²) in [6.07, 6.45) is 0. The lowest BCUT2D eigenvalue weighted by Crippen LogP contribution is -2.02. The fraction of sp³-hybridized carbons (Fsp3) is 0.250. The van der Waals surface area contributed by atoms with E-state index in [0.29, 0.717) is 23.8 Å². The van der Waals surface area contributed by atoms with Crippen LogP contribution in [0.5, 0.6) is 23.0 Å². The van der Waals surface area contributed by atoms with Crippen molar-refractivity contribution in [3.05, 3.63) is 42.0 Å². The minimum Gasteiger partial charge on any atom is -0.508 e. The van der Waals surface area contributed by atoms with Gasteiger partial charge in [-0.3, -0.25) is 0 Å².